The Morgan fingerprint density at radius 3 is 1.81 bits per heavy atom. The molecule has 0 saturated carbocycles. The van der Waals surface area contributed by atoms with E-state index in [2.05, 4.69) is 0 Å². The molecule has 2 aromatic rings. The first kappa shape index (κ1) is 15.2. The average molecular weight is 300 g/mol. The number of rotatable bonds is 2. The van der Waals surface area contributed by atoms with Crippen molar-refractivity contribution >= 4 is 5.78 Å². The van der Waals surface area contributed by atoms with E-state index in [4.69, 9.17) is 0 Å². The fourth-order valence-corrected chi connectivity index (χ4v) is 1.94. The summed E-state index contributed by atoms with van der Waals surface area (Å²) in [5, 5.41) is 0. The zero-order chi connectivity index (χ0) is 15.9. The molecule has 0 atom stereocenters. The molecule has 0 aromatic heterocycles. The molecule has 0 aliphatic carbocycles. The standard InChI is InChI=1S/C15H9F5O/c1-6-4-3-5-8(7(6)2)15(21)9-10(16)12(18)14(20)13(19)11(9)17/h3-5H,1-2H3. The lowest BCUT2D eigenvalue weighted by atomic mass is 9.95. The molecule has 0 aliphatic rings. The number of benzene rings is 2. The maximum Gasteiger partial charge on any atom is 0.200 e. The molecule has 0 heterocycles. The van der Waals surface area contributed by atoms with Gasteiger partial charge in [0.25, 0.3) is 0 Å². The predicted molar refractivity (Wildman–Crippen MR) is 65.6 cm³/mol. The van der Waals surface area contributed by atoms with Gasteiger partial charge >= 0.3 is 0 Å². The molecule has 0 fully saturated rings. The van der Waals surface area contributed by atoms with E-state index in [9.17, 15) is 26.7 Å². The Labute approximate surface area is 117 Å². The molecule has 1 nitrogen and oxygen atoms in total. The van der Waals surface area contributed by atoms with Crippen LogP contribution < -0.4 is 0 Å². The Bertz CT molecular complexity index is 723. The van der Waals surface area contributed by atoms with Gasteiger partial charge in [0, 0.05) is 5.56 Å². The minimum absolute atomic E-state index is 0.113. The topological polar surface area (TPSA) is 17.1 Å². The second-order valence-electron chi connectivity index (χ2n) is 4.52. The van der Waals surface area contributed by atoms with E-state index < -0.39 is 40.4 Å². The molecule has 2 rings (SSSR count). The van der Waals surface area contributed by atoms with Gasteiger partial charge in [0.05, 0.1) is 0 Å². The van der Waals surface area contributed by atoms with E-state index in [0.29, 0.717) is 11.1 Å². The van der Waals surface area contributed by atoms with Crippen molar-refractivity contribution in [2.45, 2.75) is 13.8 Å². The number of ketones is 1. The van der Waals surface area contributed by atoms with Crippen LogP contribution >= 0.6 is 0 Å². The molecule has 0 aliphatic heterocycles. The van der Waals surface area contributed by atoms with Gasteiger partial charge < -0.3 is 0 Å². The van der Waals surface area contributed by atoms with Crippen LogP contribution in [-0.4, -0.2) is 5.78 Å². The summed E-state index contributed by atoms with van der Waals surface area (Å²) in [7, 11) is 0. The second-order valence-corrected chi connectivity index (χ2v) is 4.52. The van der Waals surface area contributed by atoms with Gasteiger partial charge in [0.2, 0.25) is 5.82 Å². The Morgan fingerprint density at radius 2 is 1.29 bits per heavy atom. The van der Waals surface area contributed by atoms with Crippen LogP contribution in [0.1, 0.15) is 27.0 Å². The van der Waals surface area contributed by atoms with E-state index >= 15 is 0 Å². The van der Waals surface area contributed by atoms with Crippen LogP contribution in [0.4, 0.5) is 22.0 Å². The first-order valence-electron chi connectivity index (χ1n) is 5.89. The summed E-state index contributed by atoms with van der Waals surface area (Å²) in [6, 6.07) is 4.38. The van der Waals surface area contributed by atoms with Crippen molar-refractivity contribution < 1.29 is 26.7 Å². The quantitative estimate of drug-likeness (QED) is 0.351. The van der Waals surface area contributed by atoms with Crippen molar-refractivity contribution in [3.05, 3.63) is 69.5 Å². The van der Waals surface area contributed by atoms with Crippen molar-refractivity contribution in [1.82, 2.24) is 0 Å². The molecular weight excluding hydrogens is 291 g/mol. The Hall–Kier alpha value is -2.24. The summed E-state index contributed by atoms with van der Waals surface area (Å²) in [5.74, 6) is -12.1. The Kier molecular flexibility index (Phi) is 3.80. The highest BCUT2D eigenvalue weighted by Gasteiger charge is 2.30. The van der Waals surface area contributed by atoms with Crippen molar-refractivity contribution in [2.24, 2.45) is 0 Å². The third-order valence-corrected chi connectivity index (χ3v) is 3.29. The zero-order valence-corrected chi connectivity index (χ0v) is 11.0. The summed E-state index contributed by atoms with van der Waals surface area (Å²) in [6.07, 6.45) is 0. The molecule has 0 bridgehead atoms. The Balaban J connectivity index is 2.73. The Morgan fingerprint density at radius 1 is 0.810 bits per heavy atom. The van der Waals surface area contributed by atoms with E-state index in [0.717, 1.165) is 0 Å². The molecule has 21 heavy (non-hydrogen) atoms. The number of halogens is 5. The van der Waals surface area contributed by atoms with Crippen molar-refractivity contribution in [3.8, 4) is 0 Å². The first-order chi connectivity index (χ1) is 9.77. The van der Waals surface area contributed by atoms with E-state index in [1.807, 2.05) is 0 Å². The molecule has 0 amide bonds. The lowest BCUT2D eigenvalue weighted by molar-refractivity contribution is 0.102. The van der Waals surface area contributed by atoms with Crippen LogP contribution in [0.15, 0.2) is 18.2 Å². The highest BCUT2D eigenvalue weighted by molar-refractivity contribution is 6.10. The van der Waals surface area contributed by atoms with Crippen LogP contribution in [0.5, 0.6) is 0 Å². The van der Waals surface area contributed by atoms with Gasteiger partial charge in [-0.3, -0.25) is 4.79 Å². The van der Waals surface area contributed by atoms with Gasteiger partial charge in [-0.1, -0.05) is 18.2 Å². The maximum absolute atomic E-state index is 13.6. The lowest BCUT2D eigenvalue weighted by Crippen LogP contribution is -2.14. The van der Waals surface area contributed by atoms with Crippen molar-refractivity contribution in [1.29, 1.82) is 0 Å². The smallest absolute Gasteiger partial charge is 0.200 e. The van der Waals surface area contributed by atoms with Crippen LogP contribution in [0.25, 0.3) is 0 Å². The molecular formula is C15H9F5O. The molecule has 0 radical (unpaired) electrons. The second kappa shape index (κ2) is 5.27. The zero-order valence-electron chi connectivity index (χ0n) is 11.0. The van der Waals surface area contributed by atoms with Crippen molar-refractivity contribution in [3.63, 3.8) is 0 Å². The van der Waals surface area contributed by atoms with E-state index in [1.54, 1.807) is 13.0 Å². The lowest BCUT2D eigenvalue weighted by Gasteiger charge is -2.10. The summed E-state index contributed by atoms with van der Waals surface area (Å²) in [4.78, 5) is 12.1. The number of hydrogen-bond donors (Lipinski definition) is 0. The van der Waals surface area contributed by atoms with Crippen LogP contribution in [0.2, 0.25) is 0 Å². The molecule has 0 saturated heterocycles. The normalized spacial score (nSPS) is 10.8. The average Bonchev–Trinajstić information content (AvgIpc) is 2.46. The number of aryl methyl sites for hydroxylation is 1. The fraction of sp³-hybridized carbons (Fsp3) is 0.133. The highest BCUT2D eigenvalue weighted by atomic mass is 19.2. The fourth-order valence-electron chi connectivity index (χ4n) is 1.94. The van der Waals surface area contributed by atoms with Crippen LogP contribution in [0, 0.1) is 42.9 Å². The minimum atomic E-state index is -2.29. The summed E-state index contributed by atoms with van der Waals surface area (Å²) >= 11 is 0. The number of hydrogen-bond acceptors (Lipinski definition) is 1. The first-order valence-corrected chi connectivity index (χ1v) is 5.89. The van der Waals surface area contributed by atoms with Gasteiger partial charge in [-0.25, -0.2) is 22.0 Å². The van der Waals surface area contributed by atoms with E-state index in [-0.39, 0.29) is 5.56 Å². The van der Waals surface area contributed by atoms with Crippen molar-refractivity contribution in [2.75, 3.05) is 0 Å². The van der Waals surface area contributed by atoms with Gasteiger partial charge in [-0.2, -0.15) is 0 Å². The van der Waals surface area contributed by atoms with Crippen LogP contribution in [0.3, 0.4) is 0 Å². The van der Waals surface area contributed by atoms with Gasteiger partial charge in [-0.15, -0.1) is 0 Å². The monoisotopic (exact) mass is 300 g/mol. The summed E-state index contributed by atoms with van der Waals surface area (Å²) in [6.45, 7) is 3.18. The van der Waals surface area contributed by atoms with Gasteiger partial charge in [0.1, 0.15) is 5.56 Å². The molecule has 0 N–H and O–H groups in total. The summed E-state index contributed by atoms with van der Waals surface area (Å²) in [5.41, 5.74) is -0.491. The van der Waals surface area contributed by atoms with Gasteiger partial charge in [0.15, 0.2) is 29.1 Å². The van der Waals surface area contributed by atoms with Crippen LogP contribution in [-0.2, 0) is 0 Å². The molecule has 2 aromatic carbocycles. The molecule has 0 spiro atoms. The predicted octanol–water partition coefficient (Wildman–Crippen LogP) is 4.23. The molecule has 110 valence electrons. The number of carbonyl (C=O) groups is 1. The summed E-state index contributed by atoms with van der Waals surface area (Å²) < 4.78 is 66.5. The maximum atomic E-state index is 13.6. The SMILES string of the molecule is Cc1cccc(C(=O)c2c(F)c(F)c(F)c(F)c2F)c1C. The van der Waals surface area contributed by atoms with Gasteiger partial charge in [-0.05, 0) is 25.0 Å². The third kappa shape index (κ3) is 2.30. The largest absolute Gasteiger partial charge is 0.288 e. The molecule has 0 unspecified atom stereocenters. The number of carbonyl (C=O) groups excluding carboxylic acids is 1. The minimum Gasteiger partial charge on any atom is -0.288 e. The third-order valence-electron chi connectivity index (χ3n) is 3.29. The van der Waals surface area contributed by atoms with E-state index in [1.165, 1.54) is 19.1 Å². The molecule has 6 heteroatoms. The highest BCUT2D eigenvalue weighted by Crippen LogP contribution is 2.26.